The predicted octanol–water partition coefficient (Wildman–Crippen LogP) is 3.69. The van der Waals surface area contributed by atoms with E-state index >= 15 is 0 Å². The van der Waals surface area contributed by atoms with Gasteiger partial charge in [0.2, 0.25) is 0 Å². The van der Waals surface area contributed by atoms with Crippen LogP contribution in [0.15, 0.2) is 48.5 Å². The molecule has 0 saturated carbocycles. The van der Waals surface area contributed by atoms with Gasteiger partial charge in [0, 0.05) is 43.1 Å². The smallest absolute Gasteiger partial charge is 0.508 e. The number of hydrogen-bond acceptors (Lipinski definition) is 6. The number of hydrogen-bond donors (Lipinski definition) is 3. The molecule has 174 valence electrons. The van der Waals surface area contributed by atoms with Crippen LogP contribution in [0.3, 0.4) is 0 Å². The van der Waals surface area contributed by atoms with Gasteiger partial charge in [-0.05, 0) is 55.6 Å². The van der Waals surface area contributed by atoms with Crippen molar-refractivity contribution in [2.45, 2.75) is 6.36 Å². The van der Waals surface area contributed by atoms with E-state index in [1.165, 1.54) is 6.07 Å². The minimum Gasteiger partial charge on any atom is -0.508 e. The number of benzene rings is 2. The highest BCUT2D eigenvalue weighted by molar-refractivity contribution is 6.03. The van der Waals surface area contributed by atoms with Crippen LogP contribution in [-0.4, -0.2) is 65.7 Å². The Hall–Kier alpha value is -3.73. The highest BCUT2D eigenvalue weighted by Gasteiger charge is 2.32. The zero-order valence-electron chi connectivity index (χ0n) is 17.7. The van der Waals surface area contributed by atoms with E-state index < -0.39 is 18.0 Å². The zero-order chi connectivity index (χ0) is 23.6. The summed E-state index contributed by atoms with van der Waals surface area (Å²) < 4.78 is 42.1. The molecule has 1 aliphatic heterocycles. The summed E-state index contributed by atoms with van der Waals surface area (Å²) in [5.41, 5.74) is 1.56. The summed E-state index contributed by atoms with van der Waals surface area (Å²) in [5.74, 6) is -1.33. The molecule has 0 unspecified atom stereocenters. The minimum atomic E-state index is -4.92. The number of halogens is 3. The standard InChI is InChI=1S/C22H22F3N5O3/c1-29-8-10-30(11-9-29)15-4-2-14(3-5-15)26-21(32)19-13-18(27-28-19)17-12-16(31)6-7-20(17)33-22(23,24)25/h2-7,12-13,31H,8-11H2,1H3,(H,26,32)(H,27,28). The van der Waals surface area contributed by atoms with Crippen molar-refractivity contribution in [1.82, 2.24) is 15.1 Å². The lowest BCUT2D eigenvalue weighted by Gasteiger charge is -2.34. The molecule has 3 N–H and O–H groups in total. The number of ether oxygens (including phenoxy) is 1. The van der Waals surface area contributed by atoms with Crippen molar-refractivity contribution in [2.24, 2.45) is 0 Å². The topological polar surface area (TPSA) is 93.7 Å². The molecule has 1 amide bonds. The van der Waals surface area contributed by atoms with Gasteiger partial charge in [-0.25, -0.2) is 0 Å². The number of likely N-dealkylation sites (N-methyl/N-ethyl adjacent to an activating group) is 1. The number of aromatic nitrogens is 2. The lowest BCUT2D eigenvalue weighted by Crippen LogP contribution is -2.44. The largest absolute Gasteiger partial charge is 0.573 e. The molecule has 1 aromatic heterocycles. The molecule has 4 rings (SSSR count). The molecule has 0 radical (unpaired) electrons. The molecular weight excluding hydrogens is 439 g/mol. The van der Waals surface area contributed by atoms with Crippen LogP contribution in [0.1, 0.15) is 10.5 Å². The quantitative estimate of drug-likeness (QED) is 0.537. The van der Waals surface area contributed by atoms with Crippen molar-refractivity contribution >= 4 is 17.3 Å². The van der Waals surface area contributed by atoms with E-state index in [0.29, 0.717) is 5.69 Å². The van der Waals surface area contributed by atoms with Crippen LogP contribution in [0.2, 0.25) is 0 Å². The lowest BCUT2D eigenvalue weighted by atomic mass is 10.1. The summed E-state index contributed by atoms with van der Waals surface area (Å²) in [7, 11) is 2.08. The summed E-state index contributed by atoms with van der Waals surface area (Å²) >= 11 is 0. The Balaban J connectivity index is 1.46. The van der Waals surface area contributed by atoms with E-state index in [4.69, 9.17) is 0 Å². The summed E-state index contributed by atoms with van der Waals surface area (Å²) in [6.45, 7) is 3.81. The molecule has 0 bridgehead atoms. The fourth-order valence-electron chi connectivity index (χ4n) is 3.53. The first kappa shape index (κ1) is 22.5. The van der Waals surface area contributed by atoms with Crippen LogP contribution in [-0.2, 0) is 0 Å². The van der Waals surface area contributed by atoms with Crippen LogP contribution in [0.25, 0.3) is 11.3 Å². The van der Waals surface area contributed by atoms with E-state index in [2.05, 4.69) is 37.1 Å². The van der Waals surface area contributed by atoms with E-state index in [0.717, 1.165) is 50.1 Å². The normalized spacial score (nSPS) is 14.8. The number of alkyl halides is 3. The Morgan fingerprint density at radius 3 is 2.45 bits per heavy atom. The van der Waals surface area contributed by atoms with Crippen molar-refractivity contribution in [2.75, 3.05) is 43.4 Å². The molecule has 2 heterocycles. The third-order valence-corrected chi connectivity index (χ3v) is 5.28. The average molecular weight is 461 g/mol. The van der Waals surface area contributed by atoms with Crippen molar-refractivity contribution in [3.8, 4) is 22.8 Å². The van der Waals surface area contributed by atoms with Crippen molar-refractivity contribution in [3.05, 3.63) is 54.2 Å². The van der Waals surface area contributed by atoms with E-state index in [-0.39, 0.29) is 22.7 Å². The second-order valence-electron chi connectivity index (χ2n) is 7.69. The van der Waals surface area contributed by atoms with Crippen LogP contribution in [0.4, 0.5) is 24.5 Å². The predicted molar refractivity (Wildman–Crippen MR) is 116 cm³/mol. The molecule has 0 aliphatic carbocycles. The summed E-state index contributed by atoms with van der Waals surface area (Å²) in [5, 5.41) is 18.8. The van der Waals surface area contributed by atoms with Gasteiger partial charge < -0.3 is 25.0 Å². The maximum absolute atomic E-state index is 12.7. The zero-order valence-corrected chi connectivity index (χ0v) is 17.7. The van der Waals surface area contributed by atoms with Gasteiger partial charge in [-0.15, -0.1) is 13.2 Å². The number of amides is 1. The van der Waals surface area contributed by atoms with Gasteiger partial charge in [-0.1, -0.05) is 0 Å². The monoisotopic (exact) mass is 461 g/mol. The highest BCUT2D eigenvalue weighted by Crippen LogP contribution is 2.35. The van der Waals surface area contributed by atoms with Gasteiger partial charge in [0.25, 0.3) is 5.91 Å². The Kier molecular flexibility index (Phi) is 6.14. The molecule has 1 aliphatic rings. The maximum atomic E-state index is 12.7. The van der Waals surface area contributed by atoms with Gasteiger partial charge in [0.15, 0.2) is 0 Å². The average Bonchev–Trinajstić information content (AvgIpc) is 3.26. The van der Waals surface area contributed by atoms with Gasteiger partial charge >= 0.3 is 6.36 Å². The Morgan fingerprint density at radius 1 is 1.09 bits per heavy atom. The van der Waals surface area contributed by atoms with Crippen molar-refractivity contribution in [1.29, 1.82) is 0 Å². The van der Waals surface area contributed by atoms with Gasteiger partial charge in [-0.3, -0.25) is 9.89 Å². The molecule has 33 heavy (non-hydrogen) atoms. The first-order valence-electron chi connectivity index (χ1n) is 10.2. The van der Waals surface area contributed by atoms with Crippen molar-refractivity contribution < 1.29 is 27.8 Å². The number of phenols is 1. The molecule has 1 fully saturated rings. The van der Waals surface area contributed by atoms with Gasteiger partial charge in [0.1, 0.15) is 17.2 Å². The van der Waals surface area contributed by atoms with Gasteiger partial charge in [-0.2, -0.15) is 5.10 Å². The maximum Gasteiger partial charge on any atom is 0.573 e. The number of aromatic amines is 1. The first-order chi connectivity index (χ1) is 15.7. The Labute approximate surface area is 187 Å². The third-order valence-electron chi connectivity index (χ3n) is 5.28. The number of nitrogens with zero attached hydrogens (tertiary/aromatic N) is 3. The second kappa shape index (κ2) is 9.02. The summed E-state index contributed by atoms with van der Waals surface area (Å²) in [6.07, 6.45) is -4.92. The van der Waals surface area contributed by atoms with E-state index in [1.54, 1.807) is 12.1 Å². The number of carbonyl (C=O) groups is 1. The van der Waals surface area contributed by atoms with E-state index in [9.17, 15) is 23.1 Å². The number of H-pyrrole nitrogens is 1. The van der Waals surface area contributed by atoms with Crippen LogP contribution < -0.4 is 15.0 Å². The van der Waals surface area contributed by atoms with Gasteiger partial charge in [0.05, 0.1) is 5.69 Å². The highest BCUT2D eigenvalue weighted by atomic mass is 19.4. The Morgan fingerprint density at radius 2 is 1.79 bits per heavy atom. The SMILES string of the molecule is CN1CCN(c2ccc(NC(=O)c3cc(-c4cc(O)ccc4OC(F)(F)F)n[nH]3)cc2)CC1. The number of carbonyl (C=O) groups excluding carboxylic acids is 1. The summed E-state index contributed by atoms with van der Waals surface area (Å²) in [4.78, 5) is 17.1. The fraction of sp³-hybridized carbons (Fsp3) is 0.273. The number of anilines is 2. The summed E-state index contributed by atoms with van der Waals surface area (Å²) in [6, 6.07) is 11.8. The number of phenolic OH excluding ortho intramolecular Hbond substituents is 1. The lowest BCUT2D eigenvalue weighted by molar-refractivity contribution is -0.274. The third kappa shape index (κ3) is 5.55. The van der Waals surface area contributed by atoms with Crippen LogP contribution in [0, 0.1) is 0 Å². The molecule has 0 spiro atoms. The second-order valence-corrected chi connectivity index (χ2v) is 7.69. The molecular formula is C22H22F3N5O3. The number of aromatic hydroxyl groups is 1. The Bertz CT molecular complexity index is 1120. The molecule has 2 aromatic carbocycles. The number of piperazine rings is 1. The molecule has 3 aromatic rings. The molecule has 11 heteroatoms. The molecule has 0 atom stereocenters. The number of nitrogens with one attached hydrogen (secondary N) is 2. The van der Waals surface area contributed by atoms with Crippen molar-refractivity contribution in [3.63, 3.8) is 0 Å². The van der Waals surface area contributed by atoms with Crippen LogP contribution in [0.5, 0.6) is 11.5 Å². The van der Waals surface area contributed by atoms with Crippen LogP contribution >= 0.6 is 0 Å². The molecule has 1 saturated heterocycles. The first-order valence-corrected chi connectivity index (χ1v) is 10.2. The number of rotatable bonds is 5. The minimum absolute atomic E-state index is 0.0146. The molecule has 8 nitrogen and oxygen atoms in total. The fourth-order valence-corrected chi connectivity index (χ4v) is 3.53. The van der Waals surface area contributed by atoms with E-state index in [1.807, 2.05) is 12.1 Å².